The molecule has 0 unspecified atom stereocenters. The van der Waals surface area contributed by atoms with Gasteiger partial charge in [0.2, 0.25) is 0 Å². The minimum absolute atomic E-state index is 0.0229. The second-order valence-electron chi connectivity index (χ2n) is 10.4. The Morgan fingerprint density at radius 3 is 1.48 bits per heavy atom. The van der Waals surface area contributed by atoms with Gasteiger partial charge < -0.3 is 20.1 Å². The standard InChI is InChI=1S/C34H41N3O5/c1-2-3-4-5-6-19-33(41)42-26-34(23-35-20-27-13-7-10-16-30(27)38,24-36-21-28-14-8-11-17-31(28)39)25-37-22-29-15-9-12-18-32(29)40/h7-18,20-22,38-40H,2-6,19,23-26H2,1H3. The molecule has 3 rings (SSSR count). The minimum atomic E-state index is -0.833. The molecule has 0 bridgehead atoms. The summed E-state index contributed by atoms with van der Waals surface area (Å²) in [6.45, 7) is 2.76. The lowest BCUT2D eigenvalue weighted by Crippen LogP contribution is -2.38. The summed E-state index contributed by atoms with van der Waals surface area (Å²) in [4.78, 5) is 26.5. The molecule has 3 aromatic rings. The van der Waals surface area contributed by atoms with Crippen molar-refractivity contribution in [1.29, 1.82) is 0 Å². The molecule has 8 heteroatoms. The molecule has 0 heterocycles. The average Bonchev–Trinajstić information content (AvgIpc) is 2.99. The molecule has 0 saturated heterocycles. The normalized spacial score (nSPS) is 13.2. The maximum Gasteiger partial charge on any atom is 0.305 e. The number of ether oxygens (including phenoxy) is 1. The van der Waals surface area contributed by atoms with Crippen molar-refractivity contribution in [2.45, 2.75) is 45.4 Å². The first-order chi connectivity index (χ1) is 20.4. The van der Waals surface area contributed by atoms with Crippen molar-refractivity contribution in [2.24, 2.45) is 20.4 Å². The van der Waals surface area contributed by atoms with E-state index >= 15 is 0 Å². The number of para-hydroxylation sites is 3. The van der Waals surface area contributed by atoms with Crippen LogP contribution in [0.3, 0.4) is 0 Å². The van der Waals surface area contributed by atoms with Crippen LogP contribution in [-0.2, 0) is 9.53 Å². The molecule has 0 saturated carbocycles. The van der Waals surface area contributed by atoms with Gasteiger partial charge in [0, 0.05) is 41.8 Å². The molecule has 0 fully saturated rings. The first kappa shape index (κ1) is 32.1. The van der Waals surface area contributed by atoms with E-state index in [-0.39, 0.29) is 49.5 Å². The summed E-state index contributed by atoms with van der Waals surface area (Å²) >= 11 is 0. The Kier molecular flexibility index (Phi) is 13.3. The predicted molar refractivity (Wildman–Crippen MR) is 168 cm³/mol. The lowest BCUT2D eigenvalue weighted by Gasteiger charge is -2.28. The smallest absolute Gasteiger partial charge is 0.305 e. The van der Waals surface area contributed by atoms with Crippen molar-refractivity contribution in [3.8, 4) is 17.2 Å². The van der Waals surface area contributed by atoms with Gasteiger partial charge in [-0.15, -0.1) is 0 Å². The van der Waals surface area contributed by atoms with Gasteiger partial charge in [-0.25, -0.2) is 0 Å². The van der Waals surface area contributed by atoms with E-state index in [1.54, 1.807) is 73.2 Å². The number of phenols is 3. The van der Waals surface area contributed by atoms with E-state index in [2.05, 4.69) is 21.9 Å². The molecular formula is C34H41N3O5. The first-order valence-electron chi connectivity index (χ1n) is 14.4. The van der Waals surface area contributed by atoms with Crippen LogP contribution in [0.15, 0.2) is 87.8 Å². The van der Waals surface area contributed by atoms with E-state index in [9.17, 15) is 20.1 Å². The van der Waals surface area contributed by atoms with E-state index in [1.807, 2.05) is 18.2 Å². The first-order valence-corrected chi connectivity index (χ1v) is 14.4. The van der Waals surface area contributed by atoms with E-state index < -0.39 is 5.41 Å². The Hall–Kier alpha value is -4.46. The summed E-state index contributed by atoms with van der Waals surface area (Å²) in [7, 11) is 0. The molecule has 3 aromatic carbocycles. The fourth-order valence-electron chi connectivity index (χ4n) is 4.27. The van der Waals surface area contributed by atoms with E-state index in [0.29, 0.717) is 23.1 Å². The Balaban J connectivity index is 1.85. The summed E-state index contributed by atoms with van der Waals surface area (Å²) < 4.78 is 5.78. The van der Waals surface area contributed by atoms with Gasteiger partial charge in [0.1, 0.15) is 23.9 Å². The number of carbonyl (C=O) groups is 1. The van der Waals surface area contributed by atoms with Gasteiger partial charge in [-0.2, -0.15) is 0 Å². The highest BCUT2D eigenvalue weighted by Crippen LogP contribution is 2.24. The van der Waals surface area contributed by atoms with Gasteiger partial charge in [0.05, 0.1) is 25.0 Å². The van der Waals surface area contributed by atoms with Crippen molar-refractivity contribution in [2.75, 3.05) is 26.2 Å². The zero-order chi connectivity index (χ0) is 30.0. The highest BCUT2D eigenvalue weighted by Gasteiger charge is 2.32. The molecule has 0 radical (unpaired) electrons. The van der Waals surface area contributed by atoms with Crippen LogP contribution in [0.25, 0.3) is 0 Å². The number of esters is 1. The van der Waals surface area contributed by atoms with Crippen molar-refractivity contribution in [3.63, 3.8) is 0 Å². The molecule has 8 nitrogen and oxygen atoms in total. The number of hydrogen-bond acceptors (Lipinski definition) is 8. The number of phenolic OH excluding ortho intramolecular Hbond substituents is 3. The lowest BCUT2D eigenvalue weighted by molar-refractivity contribution is -0.146. The molecule has 0 spiro atoms. The third-order valence-corrected chi connectivity index (χ3v) is 6.81. The van der Waals surface area contributed by atoms with Crippen molar-refractivity contribution in [3.05, 3.63) is 89.5 Å². The molecule has 0 atom stereocenters. The second-order valence-corrected chi connectivity index (χ2v) is 10.4. The summed E-state index contributed by atoms with van der Waals surface area (Å²) in [5.41, 5.74) is 0.850. The third kappa shape index (κ3) is 10.8. The zero-order valence-corrected chi connectivity index (χ0v) is 24.2. The Morgan fingerprint density at radius 1 is 0.667 bits per heavy atom. The molecule has 0 aliphatic rings. The van der Waals surface area contributed by atoms with Gasteiger partial charge in [0.25, 0.3) is 0 Å². The van der Waals surface area contributed by atoms with Crippen molar-refractivity contribution in [1.82, 2.24) is 0 Å². The number of unbranched alkanes of at least 4 members (excludes halogenated alkanes) is 4. The lowest BCUT2D eigenvalue weighted by atomic mass is 9.89. The summed E-state index contributed by atoms with van der Waals surface area (Å²) in [6.07, 6.45) is 10.2. The number of aromatic hydroxyl groups is 3. The molecule has 0 aliphatic carbocycles. The topological polar surface area (TPSA) is 124 Å². The number of benzene rings is 3. The Morgan fingerprint density at radius 2 is 1.07 bits per heavy atom. The number of rotatable bonds is 17. The van der Waals surface area contributed by atoms with E-state index in [1.165, 1.54) is 0 Å². The van der Waals surface area contributed by atoms with Gasteiger partial charge >= 0.3 is 5.97 Å². The third-order valence-electron chi connectivity index (χ3n) is 6.81. The quantitative estimate of drug-likeness (QED) is 0.0989. The number of carbonyl (C=O) groups excluding carboxylic acids is 1. The summed E-state index contributed by atoms with van der Waals surface area (Å²) in [6, 6.07) is 20.7. The zero-order valence-electron chi connectivity index (χ0n) is 24.2. The van der Waals surface area contributed by atoms with Crippen LogP contribution in [-0.4, -0.2) is 66.2 Å². The highest BCUT2D eigenvalue weighted by molar-refractivity contribution is 5.84. The molecule has 0 aromatic heterocycles. The molecular weight excluding hydrogens is 530 g/mol. The summed E-state index contributed by atoms with van der Waals surface area (Å²) in [5.74, 6) is 0.0411. The molecule has 0 aliphatic heterocycles. The van der Waals surface area contributed by atoms with Gasteiger partial charge in [0.15, 0.2) is 0 Å². The second kappa shape index (κ2) is 17.4. The van der Waals surface area contributed by atoms with Crippen LogP contribution in [0.5, 0.6) is 17.2 Å². The maximum atomic E-state index is 12.7. The summed E-state index contributed by atoms with van der Waals surface area (Å²) in [5, 5.41) is 30.6. The molecule has 3 N–H and O–H groups in total. The molecule has 0 amide bonds. The molecule has 222 valence electrons. The molecule has 42 heavy (non-hydrogen) atoms. The fourth-order valence-corrected chi connectivity index (χ4v) is 4.27. The minimum Gasteiger partial charge on any atom is -0.507 e. The monoisotopic (exact) mass is 571 g/mol. The highest BCUT2D eigenvalue weighted by atomic mass is 16.5. The number of aliphatic imine (C=N–C) groups is 3. The maximum absolute atomic E-state index is 12.7. The Bertz CT molecular complexity index is 1210. The van der Waals surface area contributed by atoms with Crippen LogP contribution in [0.4, 0.5) is 0 Å². The fraction of sp³-hybridized carbons (Fsp3) is 0.353. The van der Waals surface area contributed by atoms with Crippen LogP contribution < -0.4 is 0 Å². The van der Waals surface area contributed by atoms with Gasteiger partial charge in [-0.3, -0.25) is 19.8 Å². The number of nitrogens with zero attached hydrogens (tertiary/aromatic N) is 3. The van der Waals surface area contributed by atoms with E-state index in [4.69, 9.17) is 4.74 Å². The van der Waals surface area contributed by atoms with Crippen LogP contribution in [0, 0.1) is 5.41 Å². The van der Waals surface area contributed by atoms with Crippen LogP contribution in [0.1, 0.15) is 62.1 Å². The average molecular weight is 572 g/mol. The van der Waals surface area contributed by atoms with Crippen molar-refractivity contribution >= 4 is 24.6 Å². The van der Waals surface area contributed by atoms with Crippen molar-refractivity contribution < 1.29 is 24.9 Å². The Labute approximate surface area is 248 Å². The van der Waals surface area contributed by atoms with Crippen LogP contribution in [0.2, 0.25) is 0 Å². The predicted octanol–water partition coefficient (Wildman–Crippen LogP) is 6.35. The van der Waals surface area contributed by atoms with E-state index in [0.717, 1.165) is 32.1 Å². The van der Waals surface area contributed by atoms with Gasteiger partial charge in [-0.05, 0) is 42.8 Å². The van der Waals surface area contributed by atoms with Gasteiger partial charge in [-0.1, -0.05) is 69.0 Å². The van der Waals surface area contributed by atoms with Crippen LogP contribution >= 0.6 is 0 Å². The SMILES string of the molecule is CCCCCCCC(=O)OCC(CN=Cc1ccccc1O)(CN=Cc1ccccc1O)CN=Cc1ccccc1O. The largest absolute Gasteiger partial charge is 0.507 e. The number of hydrogen-bond donors (Lipinski definition) is 3.